The van der Waals surface area contributed by atoms with Crippen molar-refractivity contribution in [2.45, 2.75) is 6.42 Å². The minimum Gasteiger partial charge on any atom is -0.336 e. The van der Waals surface area contributed by atoms with E-state index in [-0.39, 0.29) is 29.5 Å². The van der Waals surface area contributed by atoms with Gasteiger partial charge in [0.05, 0.1) is 4.92 Å². The van der Waals surface area contributed by atoms with Crippen molar-refractivity contribution in [3.8, 4) is 0 Å². The van der Waals surface area contributed by atoms with Crippen LogP contribution in [0.1, 0.15) is 16.8 Å². The van der Waals surface area contributed by atoms with E-state index in [9.17, 15) is 28.5 Å². The normalized spacial score (nSPS) is 14.4. The van der Waals surface area contributed by atoms with Crippen LogP contribution >= 0.6 is 0 Å². The van der Waals surface area contributed by atoms with Crippen LogP contribution in [0.2, 0.25) is 0 Å². The number of benzene rings is 2. The average molecular weight is 418 g/mol. The maximum absolute atomic E-state index is 13.3. The van der Waals surface area contributed by atoms with Gasteiger partial charge in [0.25, 0.3) is 11.6 Å². The van der Waals surface area contributed by atoms with Gasteiger partial charge in [-0.25, -0.2) is 8.78 Å². The predicted octanol–water partition coefficient (Wildman–Crippen LogP) is 2.66. The topological polar surface area (TPSA) is 95.8 Å². The van der Waals surface area contributed by atoms with E-state index in [1.807, 2.05) is 4.90 Å². The lowest BCUT2D eigenvalue weighted by atomic mass is 10.1. The first-order chi connectivity index (χ1) is 14.3. The van der Waals surface area contributed by atoms with E-state index in [0.29, 0.717) is 38.4 Å². The van der Waals surface area contributed by atoms with Gasteiger partial charge in [0.1, 0.15) is 0 Å². The second kappa shape index (κ2) is 9.40. The maximum atomic E-state index is 13.3. The highest BCUT2D eigenvalue weighted by Gasteiger charge is 2.23. The van der Waals surface area contributed by atoms with Gasteiger partial charge in [-0.15, -0.1) is 0 Å². The van der Waals surface area contributed by atoms with Crippen LogP contribution in [0.4, 0.5) is 20.2 Å². The lowest BCUT2D eigenvalue weighted by Crippen LogP contribution is -2.49. The molecule has 0 atom stereocenters. The van der Waals surface area contributed by atoms with Crippen LogP contribution in [0.5, 0.6) is 0 Å². The molecule has 0 aliphatic carbocycles. The number of halogens is 2. The summed E-state index contributed by atoms with van der Waals surface area (Å²) in [5, 5.41) is 13.4. The van der Waals surface area contributed by atoms with E-state index in [1.54, 1.807) is 11.0 Å². The molecule has 0 spiro atoms. The summed E-state index contributed by atoms with van der Waals surface area (Å²) in [7, 11) is 0. The summed E-state index contributed by atoms with van der Waals surface area (Å²) in [6.07, 6.45) is 0.194. The molecule has 3 rings (SSSR count). The molecule has 10 heteroatoms. The third kappa shape index (κ3) is 5.35. The third-order valence-corrected chi connectivity index (χ3v) is 4.82. The average Bonchev–Trinajstić information content (AvgIpc) is 2.74. The Morgan fingerprint density at radius 1 is 1.03 bits per heavy atom. The van der Waals surface area contributed by atoms with Crippen LogP contribution in [0.3, 0.4) is 0 Å². The molecule has 8 nitrogen and oxygen atoms in total. The van der Waals surface area contributed by atoms with Gasteiger partial charge in [-0.2, -0.15) is 0 Å². The highest BCUT2D eigenvalue weighted by molar-refractivity contribution is 5.94. The Labute approximate surface area is 171 Å². The molecule has 1 N–H and O–H groups in total. The second-order valence-corrected chi connectivity index (χ2v) is 6.87. The minimum atomic E-state index is -1.06. The number of nitro benzene ring substituents is 1. The SMILES string of the molecule is O=C(CCN1CCN(C(=O)c2ccc(F)c(F)c2)CC1)Nc1cccc([N+](=O)[O-])c1. The molecule has 0 unspecified atom stereocenters. The zero-order chi connectivity index (χ0) is 21.7. The van der Waals surface area contributed by atoms with Gasteiger partial charge in [-0.1, -0.05) is 6.07 Å². The smallest absolute Gasteiger partial charge is 0.271 e. The van der Waals surface area contributed by atoms with Crippen LogP contribution in [-0.2, 0) is 4.79 Å². The van der Waals surface area contributed by atoms with Crippen LogP contribution < -0.4 is 5.32 Å². The monoisotopic (exact) mass is 418 g/mol. The summed E-state index contributed by atoms with van der Waals surface area (Å²) in [6.45, 7) is 2.36. The first kappa shape index (κ1) is 21.3. The number of nitrogens with zero attached hydrogens (tertiary/aromatic N) is 3. The standard InChI is InChI=1S/C20H20F2N4O4/c21-17-5-4-14(12-18(17)22)20(28)25-10-8-24(9-11-25)7-6-19(27)23-15-2-1-3-16(13-15)26(29)30/h1-5,12-13H,6-11H2,(H,23,27). The van der Waals surface area contributed by atoms with E-state index < -0.39 is 16.6 Å². The van der Waals surface area contributed by atoms with Crippen molar-refractivity contribution in [2.24, 2.45) is 0 Å². The van der Waals surface area contributed by atoms with Gasteiger partial charge in [-0.3, -0.25) is 24.6 Å². The molecule has 1 aliphatic heterocycles. The molecule has 1 aliphatic rings. The fourth-order valence-electron chi connectivity index (χ4n) is 3.17. The van der Waals surface area contributed by atoms with E-state index in [0.717, 1.165) is 12.1 Å². The molecule has 1 heterocycles. The van der Waals surface area contributed by atoms with Gasteiger partial charge in [0.15, 0.2) is 11.6 Å². The number of anilines is 1. The van der Waals surface area contributed by atoms with Crippen molar-refractivity contribution in [3.63, 3.8) is 0 Å². The lowest BCUT2D eigenvalue weighted by Gasteiger charge is -2.34. The molecule has 0 saturated carbocycles. The maximum Gasteiger partial charge on any atom is 0.271 e. The van der Waals surface area contributed by atoms with Crippen molar-refractivity contribution >= 4 is 23.2 Å². The Morgan fingerprint density at radius 2 is 1.77 bits per heavy atom. The van der Waals surface area contributed by atoms with Gasteiger partial charge >= 0.3 is 0 Å². The molecule has 2 aromatic rings. The number of hydrogen-bond donors (Lipinski definition) is 1. The number of carbonyl (C=O) groups excluding carboxylic acids is 2. The number of hydrogen-bond acceptors (Lipinski definition) is 5. The number of rotatable bonds is 6. The molecular formula is C20H20F2N4O4. The fourth-order valence-corrected chi connectivity index (χ4v) is 3.17. The number of carbonyl (C=O) groups is 2. The number of piperazine rings is 1. The van der Waals surface area contributed by atoms with Crippen LogP contribution in [0, 0.1) is 21.7 Å². The van der Waals surface area contributed by atoms with E-state index in [1.165, 1.54) is 24.3 Å². The van der Waals surface area contributed by atoms with Crippen molar-refractivity contribution in [3.05, 3.63) is 69.8 Å². The van der Waals surface area contributed by atoms with E-state index in [4.69, 9.17) is 0 Å². The molecule has 1 saturated heterocycles. The van der Waals surface area contributed by atoms with Gasteiger partial charge in [-0.05, 0) is 24.3 Å². The lowest BCUT2D eigenvalue weighted by molar-refractivity contribution is -0.384. The van der Waals surface area contributed by atoms with Gasteiger partial charge in [0, 0.05) is 62.5 Å². The molecule has 2 amide bonds. The fraction of sp³-hybridized carbons (Fsp3) is 0.300. The van der Waals surface area contributed by atoms with Crippen molar-refractivity contribution in [1.29, 1.82) is 0 Å². The molecule has 1 fully saturated rings. The van der Waals surface area contributed by atoms with E-state index >= 15 is 0 Å². The Bertz CT molecular complexity index is 962. The zero-order valence-electron chi connectivity index (χ0n) is 16.0. The summed E-state index contributed by atoms with van der Waals surface area (Å²) in [4.78, 5) is 38.4. The minimum absolute atomic E-state index is 0.0960. The highest BCUT2D eigenvalue weighted by atomic mass is 19.2. The molecule has 0 aromatic heterocycles. The summed E-state index contributed by atoms with van der Waals surface area (Å²) in [5.74, 6) is -2.69. The van der Waals surface area contributed by atoms with Gasteiger partial charge < -0.3 is 10.2 Å². The quantitative estimate of drug-likeness (QED) is 0.575. The van der Waals surface area contributed by atoms with Crippen molar-refractivity contribution in [2.75, 3.05) is 38.0 Å². The summed E-state index contributed by atoms with van der Waals surface area (Å²) in [5.41, 5.74) is 0.351. The molecule has 0 radical (unpaired) electrons. The van der Waals surface area contributed by atoms with Crippen LogP contribution in [0.25, 0.3) is 0 Å². The highest BCUT2D eigenvalue weighted by Crippen LogP contribution is 2.17. The zero-order valence-corrected chi connectivity index (χ0v) is 16.0. The summed E-state index contributed by atoms with van der Waals surface area (Å²) in [6, 6.07) is 8.79. The van der Waals surface area contributed by atoms with Crippen molar-refractivity contribution < 1.29 is 23.3 Å². The van der Waals surface area contributed by atoms with Crippen LogP contribution in [-0.4, -0.2) is 59.3 Å². The number of amides is 2. The second-order valence-electron chi connectivity index (χ2n) is 6.87. The number of nitro groups is 1. The molecule has 30 heavy (non-hydrogen) atoms. The van der Waals surface area contributed by atoms with Crippen molar-refractivity contribution in [1.82, 2.24) is 9.80 Å². The largest absolute Gasteiger partial charge is 0.336 e. The Balaban J connectivity index is 1.45. The number of non-ortho nitro benzene ring substituents is 1. The summed E-state index contributed by atoms with van der Waals surface area (Å²) < 4.78 is 26.4. The third-order valence-electron chi connectivity index (χ3n) is 4.82. The molecule has 2 aromatic carbocycles. The van der Waals surface area contributed by atoms with E-state index in [2.05, 4.69) is 5.32 Å². The molecule has 0 bridgehead atoms. The number of nitrogens with one attached hydrogen (secondary N) is 1. The van der Waals surface area contributed by atoms with Gasteiger partial charge in [0.2, 0.25) is 5.91 Å². The summed E-state index contributed by atoms with van der Waals surface area (Å²) >= 11 is 0. The first-order valence-electron chi connectivity index (χ1n) is 9.34. The Hall–Kier alpha value is -3.40. The molecule has 158 valence electrons. The predicted molar refractivity (Wildman–Crippen MR) is 105 cm³/mol. The Kier molecular flexibility index (Phi) is 6.68. The Morgan fingerprint density at radius 3 is 2.43 bits per heavy atom. The van der Waals surface area contributed by atoms with Crippen LogP contribution in [0.15, 0.2) is 42.5 Å². The first-order valence-corrected chi connectivity index (χ1v) is 9.34. The molecular weight excluding hydrogens is 398 g/mol.